The lowest BCUT2D eigenvalue weighted by molar-refractivity contribution is 0.980. The molecule has 0 fully saturated rings. The van der Waals surface area contributed by atoms with Gasteiger partial charge in [0.1, 0.15) is 0 Å². The van der Waals surface area contributed by atoms with Gasteiger partial charge in [0.05, 0.1) is 11.2 Å². The molecule has 230 valence electrons. The van der Waals surface area contributed by atoms with E-state index in [1.54, 1.807) is 0 Å². The molecule has 0 amide bonds. The second-order valence-corrected chi connectivity index (χ2v) is 12.3. The van der Waals surface area contributed by atoms with Crippen molar-refractivity contribution in [2.45, 2.75) is 39.5 Å². The average molecular weight is 609 g/mol. The van der Waals surface area contributed by atoms with Gasteiger partial charge in [-0.1, -0.05) is 109 Å². The van der Waals surface area contributed by atoms with Gasteiger partial charge in [0.2, 0.25) is 0 Å². The molecule has 2 aliphatic rings. The van der Waals surface area contributed by atoms with Crippen molar-refractivity contribution in [1.82, 2.24) is 4.57 Å². The zero-order chi connectivity index (χ0) is 32.2. The van der Waals surface area contributed by atoms with Gasteiger partial charge >= 0.3 is 0 Å². The van der Waals surface area contributed by atoms with Crippen LogP contribution in [0.4, 0.5) is 0 Å². The Kier molecular flexibility index (Phi) is 8.66. The number of fused-ring (bicyclic) bond motifs is 3. The van der Waals surface area contributed by atoms with Gasteiger partial charge in [0.25, 0.3) is 0 Å². The highest BCUT2D eigenvalue weighted by Gasteiger charge is 2.22. The van der Waals surface area contributed by atoms with Gasteiger partial charge in [-0.25, -0.2) is 0 Å². The van der Waals surface area contributed by atoms with Gasteiger partial charge in [-0.3, -0.25) is 0 Å². The number of hydrogen-bond donors (Lipinski definition) is 1. The zero-order valence-electron chi connectivity index (χ0n) is 27.2. The molecule has 5 aromatic rings. The van der Waals surface area contributed by atoms with Crippen LogP contribution in [0.2, 0.25) is 0 Å². The highest BCUT2D eigenvalue weighted by Crippen LogP contribution is 2.40. The Balaban J connectivity index is 1.33. The fourth-order valence-electron chi connectivity index (χ4n) is 7.01. The lowest BCUT2D eigenvalue weighted by Gasteiger charge is -2.18. The second kappa shape index (κ2) is 13.5. The number of benzene rings is 4. The Morgan fingerprint density at radius 2 is 1.51 bits per heavy atom. The molecule has 7 rings (SSSR count). The minimum atomic E-state index is 0.924. The topological polar surface area (TPSA) is 28.8 Å². The summed E-state index contributed by atoms with van der Waals surface area (Å²) in [5.74, 6) is 0. The Labute approximate surface area is 278 Å². The maximum absolute atomic E-state index is 7.72. The van der Waals surface area contributed by atoms with Crippen molar-refractivity contribution < 1.29 is 0 Å². The molecule has 0 radical (unpaired) electrons. The summed E-state index contributed by atoms with van der Waals surface area (Å²) in [7, 11) is 0. The summed E-state index contributed by atoms with van der Waals surface area (Å²) in [4.78, 5) is 0. The predicted octanol–water partition coefficient (Wildman–Crippen LogP) is 12.0. The lowest BCUT2D eigenvalue weighted by atomic mass is 9.88. The minimum Gasteiger partial charge on any atom is -0.310 e. The molecular formula is C45H40N2. The molecule has 0 spiro atoms. The smallest absolute Gasteiger partial charge is 0.0543 e. The molecule has 2 aliphatic carbocycles. The van der Waals surface area contributed by atoms with Crippen LogP contribution in [0.3, 0.4) is 0 Å². The van der Waals surface area contributed by atoms with Gasteiger partial charge in [-0.15, -0.1) is 0 Å². The minimum absolute atomic E-state index is 0.924. The van der Waals surface area contributed by atoms with Crippen LogP contribution in [-0.4, -0.2) is 10.8 Å². The number of nitrogens with one attached hydrogen (secondary N) is 1. The average Bonchev–Trinajstić information content (AvgIpc) is 3.46. The number of aryl methyl sites for hydroxylation is 1. The summed E-state index contributed by atoms with van der Waals surface area (Å²) in [5, 5.41) is 9.05. The Morgan fingerprint density at radius 1 is 0.745 bits per heavy atom. The quantitative estimate of drug-likeness (QED) is 0.103. The first kappa shape index (κ1) is 30.2. The molecule has 1 N–H and O–H groups in total. The van der Waals surface area contributed by atoms with E-state index in [1.165, 1.54) is 61.9 Å². The zero-order valence-corrected chi connectivity index (χ0v) is 27.2. The van der Waals surface area contributed by atoms with Crippen LogP contribution in [0.1, 0.15) is 72.2 Å². The van der Waals surface area contributed by atoms with Crippen molar-refractivity contribution in [2.24, 2.45) is 0 Å². The molecule has 0 unspecified atom stereocenters. The molecule has 0 aliphatic heterocycles. The maximum atomic E-state index is 7.72. The van der Waals surface area contributed by atoms with Crippen molar-refractivity contribution in [3.05, 3.63) is 173 Å². The summed E-state index contributed by atoms with van der Waals surface area (Å²) in [6.07, 6.45) is 23.4. The molecule has 2 nitrogen and oxygen atoms in total. The molecule has 0 saturated heterocycles. The summed E-state index contributed by atoms with van der Waals surface area (Å²) >= 11 is 0. The maximum Gasteiger partial charge on any atom is 0.0543 e. The molecule has 4 aromatic carbocycles. The molecule has 0 bridgehead atoms. The number of para-hydroxylation sites is 1. The van der Waals surface area contributed by atoms with Gasteiger partial charge in [0.15, 0.2) is 0 Å². The summed E-state index contributed by atoms with van der Waals surface area (Å²) < 4.78 is 2.46. The lowest BCUT2D eigenvalue weighted by Crippen LogP contribution is -2.03. The number of hydrogen-bond acceptors (Lipinski definition) is 1. The molecule has 0 atom stereocenters. The van der Waals surface area contributed by atoms with E-state index in [0.717, 1.165) is 48.0 Å². The van der Waals surface area contributed by atoms with Gasteiger partial charge < -0.3 is 9.98 Å². The molecule has 2 heteroatoms. The standard InChI is InChI=1S/C45H40N2/c1-3-12-37(36-22-20-35(21-23-36)33(4-2)31-46)27-32-19-25-42-43-26-24-40(39-16-11-15-38(29-39)34-13-7-5-8-14-34)30-45(43)47(44(42)28-32)41-17-9-6-10-18-41/h3-7,9-13,15-23,25,27-31,46H,8,14,24,26H2,1-2H3/b12-3-,33-4+,37-27+,46-31?. The van der Waals surface area contributed by atoms with Crippen molar-refractivity contribution in [3.63, 3.8) is 0 Å². The third-order valence-corrected chi connectivity index (χ3v) is 9.41. The highest BCUT2D eigenvalue weighted by molar-refractivity contribution is 6.08. The molecule has 0 saturated carbocycles. The van der Waals surface area contributed by atoms with E-state index in [2.05, 4.69) is 151 Å². The van der Waals surface area contributed by atoms with Crippen LogP contribution in [-0.2, 0) is 6.42 Å². The first-order valence-corrected chi connectivity index (χ1v) is 16.7. The van der Waals surface area contributed by atoms with Crippen LogP contribution in [0.15, 0.2) is 134 Å². The number of allylic oxidation sites excluding steroid dienone is 10. The van der Waals surface area contributed by atoms with Crippen LogP contribution in [0.5, 0.6) is 0 Å². The van der Waals surface area contributed by atoms with Crippen LogP contribution >= 0.6 is 0 Å². The van der Waals surface area contributed by atoms with Crippen molar-refractivity contribution in [2.75, 3.05) is 0 Å². The fraction of sp³-hybridized carbons (Fsp3) is 0.133. The molecular weight excluding hydrogens is 569 g/mol. The van der Waals surface area contributed by atoms with Gasteiger partial charge in [-0.2, -0.15) is 0 Å². The molecule has 1 heterocycles. The van der Waals surface area contributed by atoms with Crippen molar-refractivity contribution in [1.29, 1.82) is 5.41 Å². The van der Waals surface area contributed by atoms with Gasteiger partial charge in [-0.05, 0) is 132 Å². The first-order valence-electron chi connectivity index (χ1n) is 16.7. The van der Waals surface area contributed by atoms with E-state index < -0.39 is 0 Å². The predicted molar refractivity (Wildman–Crippen MR) is 204 cm³/mol. The van der Waals surface area contributed by atoms with Crippen LogP contribution in [0.25, 0.3) is 51.0 Å². The normalized spacial score (nSPS) is 15.1. The third-order valence-electron chi connectivity index (χ3n) is 9.41. The largest absolute Gasteiger partial charge is 0.310 e. The Bertz CT molecular complexity index is 2140. The summed E-state index contributed by atoms with van der Waals surface area (Å²) in [6.45, 7) is 4.04. The first-order chi connectivity index (χ1) is 23.2. The Hall–Kier alpha value is -5.47. The molecule has 47 heavy (non-hydrogen) atoms. The monoisotopic (exact) mass is 608 g/mol. The van der Waals surface area contributed by atoms with E-state index in [9.17, 15) is 0 Å². The third kappa shape index (κ3) is 6.07. The van der Waals surface area contributed by atoms with E-state index >= 15 is 0 Å². The second-order valence-electron chi connectivity index (χ2n) is 12.3. The summed E-state index contributed by atoms with van der Waals surface area (Å²) in [5.41, 5.74) is 16.1. The highest BCUT2D eigenvalue weighted by atomic mass is 15.0. The van der Waals surface area contributed by atoms with E-state index in [-0.39, 0.29) is 0 Å². The van der Waals surface area contributed by atoms with Crippen molar-refractivity contribution in [3.8, 4) is 5.69 Å². The number of rotatable bonds is 8. The van der Waals surface area contributed by atoms with Crippen LogP contribution < -0.4 is 0 Å². The fourth-order valence-corrected chi connectivity index (χ4v) is 7.01. The Morgan fingerprint density at radius 3 is 2.21 bits per heavy atom. The number of aromatic nitrogens is 1. The van der Waals surface area contributed by atoms with E-state index in [0.29, 0.717) is 0 Å². The van der Waals surface area contributed by atoms with Gasteiger partial charge in [0, 0.05) is 17.3 Å². The van der Waals surface area contributed by atoms with E-state index in [4.69, 9.17) is 5.41 Å². The van der Waals surface area contributed by atoms with E-state index in [1.807, 2.05) is 13.0 Å². The molecule has 1 aromatic heterocycles. The SMILES string of the molecule is C/C=C\C(=C/c1ccc2c3c(n(-c4ccccc4)c2c1)C=C(c1cccc(C2=CC=CCC2)c1)CC3)c1ccc(/C(C=N)=C/C)cc1. The van der Waals surface area contributed by atoms with Crippen LogP contribution in [0, 0.1) is 5.41 Å². The van der Waals surface area contributed by atoms with Crippen molar-refractivity contribution >= 4 is 51.6 Å². The summed E-state index contributed by atoms with van der Waals surface area (Å²) in [6, 6.07) is 35.4. The number of nitrogens with zero attached hydrogens (tertiary/aromatic N) is 1.